The molecule has 2 aromatic rings. The van der Waals surface area contributed by atoms with Crippen LogP contribution >= 0.6 is 22.7 Å². The Kier molecular flexibility index (Phi) is 3.42. The summed E-state index contributed by atoms with van der Waals surface area (Å²) in [5.41, 5.74) is 2.29. The SMILES string of the molecule is Cc1csc(CC(O)c2cc(C)c(C)s2)n1. The number of aryl methyl sites for hydroxylation is 3. The van der Waals surface area contributed by atoms with E-state index in [9.17, 15) is 5.11 Å². The molecule has 0 radical (unpaired) electrons. The van der Waals surface area contributed by atoms with Gasteiger partial charge in [0.05, 0.1) is 11.1 Å². The Hall–Kier alpha value is -0.710. The highest BCUT2D eigenvalue weighted by atomic mass is 32.1. The molecule has 0 aromatic carbocycles. The molecule has 2 nitrogen and oxygen atoms in total. The van der Waals surface area contributed by atoms with Crippen LogP contribution in [-0.4, -0.2) is 10.1 Å². The first-order valence-corrected chi connectivity index (χ1v) is 6.92. The highest BCUT2D eigenvalue weighted by Gasteiger charge is 2.14. The van der Waals surface area contributed by atoms with E-state index in [1.807, 2.05) is 12.3 Å². The van der Waals surface area contributed by atoms with Crippen LogP contribution in [0.3, 0.4) is 0 Å². The van der Waals surface area contributed by atoms with E-state index in [1.165, 1.54) is 10.4 Å². The number of hydrogen-bond donors (Lipinski definition) is 1. The van der Waals surface area contributed by atoms with Crippen LogP contribution in [0.15, 0.2) is 11.4 Å². The number of thiazole rings is 1. The lowest BCUT2D eigenvalue weighted by molar-refractivity contribution is 0.182. The van der Waals surface area contributed by atoms with Crippen molar-refractivity contribution in [2.24, 2.45) is 0 Å². The zero-order valence-corrected chi connectivity index (χ0v) is 11.3. The Labute approximate surface area is 104 Å². The Morgan fingerprint density at radius 3 is 2.62 bits per heavy atom. The summed E-state index contributed by atoms with van der Waals surface area (Å²) in [7, 11) is 0. The maximum absolute atomic E-state index is 10.1. The third kappa shape index (κ3) is 2.51. The molecule has 0 aliphatic heterocycles. The van der Waals surface area contributed by atoms with Gasteiger partial charge in [-0.25, -0.2) is 4.98 Å². The lowest BCUT2D eigenvalue weighted by Crippen LogP contribution is -1.99. The quantitative estimate of drug-likeness (QED) is 0.909. The van der Waals surface area contributed by atoms with Gasteiger partial charge in [-0.3, -0.25) is 0 Å². The number of aromatic nitrogens is 1. The second-order valence-electron chi connectivity index (χ2n) is 3.99. The molecule has 2 heterocycles. The summed E-state index contributed by atoms with van der Waals surface area (Å²) in [6, 6.07) is 2.07. The zero-order chi connectivity index (χ0) is 11.7. The summed E-state index contributed by atoms with van der Waals surface area (Å²) in [6.45, 7) is 6.14. The van der Waals surface area contributed by atoms with Crippen molar-refractivity contribution in [2.45, 2.75) is 33.3 Å². The van der Waals surface area contributed by atoms with Gasteiger partial charge in [-0.2, -0.15) is 0 Å². The fourth-order valence-electron chi connectivity index (χ4n) is 1.53. The van der Waals surface area contributed by atoms with Crippen LogP contribution in [0, 0.1) is 20.8 Å². The molecule has 2 aromatic heterocycles. The standard InChI is InChI=1S/C12H15NOS2/c1-7-4-11(16-9(7)3)10(14)5-12-13-8(2)6-15-12/h4,6,10,14H,5H2,1-3H3. The van der Waals surface area contributed by atoms with E-state index >= 15 is 0 Å². The summed E-state index contributed by atoms with van der Waals surface area (Å²) in [5, 5.41) is 13.1. The molecule has 2 rings (SSSR count). The predicted molar refractivity (Wildman–Crippen MR) is 69.3 cm³/mol. The maximum atomic E-state index is 10.1. The van der Waals surface area contributed by atoms with Gasteiger partial charge in [0.2, 0.25) is 0 Å². The molecule has 1 unspecified atom stereocenters. The fraction of sp³-hybridized carbons (Fsp3) is 0.417. The predicted octanol–water partition coefficient (Wildman–Crippen LogP) is 3.41. The fourth-order valence-corrected chi connectivity index (χ4v) is 3.37. The average molecular weight is 253 g/mol. The molecule has 0 saturated carbocycles. The Morgan fingerprint density at radius 2 is 2.12 bits per heavy atom. The van der Waals surface area contributed by atoms with Crippen molar-refractivity contribution < 1.29 is 5.11 Å². The molecule has 1 N–H and O–H groups in total. The zero-order valence-electron chi connectivity index (χ0n) is 9.65. The minimum atomic E-state index is -0.414. The largest absolute Gasteiger partial charge is 0.387 e. The van der Waals surface area contributed by atoms with E-state index in [1.54, 1.807) is 22.7 Å². The van der Waals surface area contributed by atoms with Gasteiger partial charge in [-0.05, 0) is 32.4 Å². The summed E-state index contributed by atoms with van der Waals surface area (Å²) in [5.74, 6) is 0. The second-order valence-corrected chi connectivity index (χ2v) is 6.22. The van der Waals surface area contributed by atoms with Gasteiger partial charge in [0.25, 0.3) is 0 Å². The Morgan fingerprint density at radius 1 is 1.38 bits per heavy atom. The van der Waals surface area contributed by atoms with Crippen LogP contribution in [0.4, 0.5) is 0 Å². The van der Waals surface area contributed by atoms with Crippen LogP contribution in [0.1, 0.15) is 32.1 Å². The van der Waals surface area contributed by atoms with Crippen LogP contribution in [0.5, 0.6) is 0 Å². The molecule has 0 aliphatic rings. The van der Waals surface area contributed by atoms with Crippen LogP contribution < -0.4 is 0 Å². The first kappa shape index (κ1) is 11.8. The van der Waals surface area contributed by atoms with Crippen molar-refractivity contribution >= 4 is 22.7 Å². The van der Waals surface area contributed by atoms with Gasteiger partial charge in [0.15, 0.2) is 0 Å². The summed E-state index contributed by atoms with van der Waals surface area (Å²) in [4.78, 5) is 6.69. The van der Waals surface area contributed by atoms with E-state index in [2.05, 4.69) is 24.9 Å². The summed E-state index contributed by atoms with van der Waals surface area (Å²) >= 11 is 3.29. The molecular weight excluding hydrogens is 238 g/mol. The van der Waals surface area contributed by atoms with E-state index in [0.717, 1.165) is 15.6 Å². The Balaban J connectivity index is 2.11. The van der Waals surface area contributed by atoms with E-state index in [4.69, 9.17) is 0 Å². The molecule has 4 heteroatoms. The number of aliphatic hydroxyl groups is 1. The van der Waals surface area contributed by atoms with E-state index in [0.29, 0.717) is 6.42 Å². The number of nitrogens with zero attached hydrogens (tertiary/aromatic N) is 1. The summed E-state index contributed by atoms with van der Waals surface area (Å²) in [6.07, 6.45) is 0.209. The van der Waals surface area contributed by atoms with Crippen LogP contribution in [-0.2, 0) is 6.42 Å². The van der Waals surface area contributed by atoms with Gasteiger partial charge in [-0.1, -0.05) is 0 Å². The highest BCUT2D eigenvalue weighted by molar-refractivity contribution is 7.12. The first-order chi connectivity index (χ1) is 7.56. The van der Waals surface area contributed by atoms with E-state index < -0.39 is 6.10 Å². The third-order valence-corrected chi connectivity index (χ3v) is 4.79. The highest BCUT2D eigenvalue weighted by Crippen LogP contribution is 2.29. The molecule has 0 amide bonds. The normalized spacial score (nSPS) is 13.0. The first-order valence-electron chi connectivity index (χ1n) is 5.22. The van der Waals surface area contributed by atoms with Crippen LogP contribution in [0.2, 0.25) is 0 Å². The monoisotopic (exact) mass is 253 g/mol. The lowest BCUT2D eigenvalue weighted by atomic mass is 10.2. The van der Waals surface area contributed by atoms with Crippen LogP contribution in [0.25, 0.3) is 0 Å². The van der Waals surface area contributed by atoms with Gasteiger partial charge in [0.1, 0.15) is 0 Å². The molecule has 0 spiro atoms. The molecular formula is C12H15NOS2. The Bertz CT molecular complexity index is 467. The van der Waals surface area contributed by atoms with Gasteiger partial charge in [0, 0.05) is 27.2 Å². The maximum Gasteiger partial charge on any atom is 0.0957 e. The summed E-state index contributed by atoms with van der Waals surface area (Å²) < 4.78 is 0. The smallest absolute Gasteiger partial charge is 0.0957 e. The van der Waals surface area contributed by atoms with Gasteiger partial charge in [-0.15, -0.1) is 22.7 Å². The van der Waals surface area contributed by atoms with Gasteiger partial charge < -0.3 is 5.11 Å². The topological polar surface area (TPSA) is 33.1 Å². The van der Waals surface area contributed by atoms with E-state index in [-0.39, 0.29) is 0 Å². The molecule has 86 valence electrons. The number of aliphatic hydroxyl groups excluding tert-OH is 1. The molecule has 0 saturated heterocycles. The second kappa shape index (κ2) is 4.65. The molecule has 0 aliphatic carbocycles. The molecule has 16 heavy (non-hydrogen) atoms. The third-order valence-electron chi connectivity index (χ3n) is 2.55. The van der Waals surface area contributed by atoms with Crippen molar-refractivity contribution in [3.05, 3.63) is 37.5 Å². The minimum absolute atomic E-state index is 0.414. The number of rotatable bonds is 3. The number of hydrogen-bond acceptors (Lipinski definition) is 4. The van der Waals surface area contributed by atoms with Crippen molar-refractivity contribution in [2.75, 3.05) is 0 Å². The minimum Gasteiger partial charge on any atom is -0.387 e. The van der Waals surface area contributed by atoms with Crippen molar-refractivity contribution in [3.63, 3.8) is 0 Å². The van der Waals surface area contributed by atoms with Gasteiger partial charge >= 0.3 is 0 Å². The van der Waals surface area contributed by atoms with Crippen molar-refractivity contribution in [1.29, 1.82) is 0 Å². The average Bonchev–Trinajstić information content (AvgIpc) is 2.75. The number of thiophene rings is 1. The molecule has 0 bridgehead atoms. The van der Waals surface area contributed by atoms with Crippen molar-refractivity contribution in [3.8, 4) is 0 Å². The molecule has 0 fully saturated rings. The van der Waals surface area contributed by atoms with Crippen molar-refractivity contribution in [1.82, 2.24) is 4.98 Å². The lowest BCUT2D eigenvalue weighted by Gasteiger charge is -2.05. The molecule has 1 atom stereocenters.